The second-order valence-electron chi connectivity index (χ2n) is 3.10. The minimum atomic E-state index is 0.186. The molecule has 0 bridgehead atoms. The Balaban J connectivity index is 2.30. The number of piperidine rings is 1. The number of hydrogen-bond acceptors (Lipinski definition) is 3. The fraction of sp³-hybridized carbons (Fsp3) is 0.833. The van der Waals surface area contributed by atoms with Gasteiger partial charge in [-0.25, -0.2) is 0 Å². The molecule has 1 rings (SSSR count). The fourth-order valence-electron chi connectivity index (χ4n) is 1.57. The van der Waals surface area contributed by atoms with E-state index in [1.807, 2.05) is 7.98 Å². The van der Waals surface area contributed by atoms with Gasteiger partial charge in [-0.3, -0.25) is 9.80 Å². The third kappa shape index (κ3) is 2.25. The van der Waals surface area contributed by atoms with Crippen molar-refractivity contribution in [3.63, 3.8) is 0 Å². The Morgan fingerprint density at radius 1 is 1.33 bits per heavy atom. The summed E-state index contributed by atoms with van der Waals surface area (Å²) in [5, 5.41) is 7.91. The largest absolute Gasteiger partial charge is 0.406 e. The number of nitrogens with one attached hydrogen (secondary N) is 2. The second-order valence-corrected chi connectivity index (χ2v) is 3.10. The van der Waals surface area contributed by atoms with Crippen molar-refractivity contribution in [2.24, 2.45) is 5.92 Å². The van der Waals surface area contributed by atoms with Gasteiger partial charge in [0.15, 0.2) is 0 Å². The maximum Gasteiger partial charge on any atom is 0.217 e. The van der Waals surface area contributed by atoms with Gasteiger partial charge in [0.05, 0.1) is 0 Å². The van der Waals surface area contributed by atoms with Crippen LogP contribution in [0.25, 0.3) is 0 Å². The molecule has 1 amide bonds. The fourth-order valence-corrected chi connectivity index (χ4v) is 1.57. The van der Waals surface area contributed by atoms with E-state index < -0.39 is 0 Å². The molecule has 12 heavy (non-hydrogen) atoms. The third-order valence-corrected chi connectivity index (χ3v) is 2.43. The first-order chi connectivity index (χ1) is 5.77. The van der Waals surface area contributed by atoms with Crippen LogP contribution in [0.2, 0.25) is 0 Å². The van der Waals surface area contributed by atoms with Crippen LogP contribution in [0.5, 0.6) is 0 Å². The molecule has 1 aliphatic heterocycles. The van der Waals surface area contributed by atoms with Gasteiger partial charge in [0.1, 0.15) is 0 Å². The number of carbonyl (C=O) groups is 1. The molecule has 0 spiro atoms. The van der Waals surface area contributed by atoms with E-state index >= 15 is 0 Å². The van der Waals surface area contributed by atoms with Crippen LogP contribution in [-0.4, -0.2) is 40.0 Å². The lowest BCUT2D eigenvalue weighted by molar-refractivity contribution is -0.124. The Hall–Kier alpha value is -0.480. The summed E-state index contributed by atoms with van der Waals surface area (Å²) in [5.74, 6) is 0.408. The van der Waals surface area contributed by atoms with Crippen molar-refractivity contribution in [3.8, 4) is 0 Å². The summed E-state index contributed by atoms with van der Waals surface area (Å²) < 4.78 is 0. The molecule has 66 valence electrons. The van der Waals surface area contributed by atoms with Crippen LogP contribution < -0.4 is 10.6 Å². The van der Waals surface area contributed by atoms with Crippen molar-refractivity contribution < 1.29 is 4.79 Å². The summed E-state index contributed by atoms with van der Waals surface area (Å²) in [4.78, 5) is 11.2. The van der Waals surface area contributed by atoms with Gasteiger partial charge in [-0.05, 0) is 12.8 Å². The van der Waals surface area contributed by atoms with Crippen LogP contribution in [-0.2, 0) is 4.79 Å². The summed E-state index contributed by atoms with van der Waals surface area (Å²) >= 11 is 0. The lowest BCUT2D eigenvalue weighted by Crippen LogP contribution is -2.45. The number of nitrogens with zero attached hydrogens (tertiary/aromatic N) is 1. The summed E-state index contributed by atoms with van der Waals surface area (Å²) in [6.45, 7) is 1.93. The molecule has 0 aromatic heterocycles. The van der Waals surface area contributed by atoms with Gasteiger partial charge in [-0.2, -0.15) is 0 Å². The first-order valence-electron chi connectivity index (χ1n) is 4.42. The highest BCUT2D eigenvalue weighted by Crippen LogP contribution is 2.15. The quantitative estimate of drug-likeness (QED) is 0.443. The zero-order chi connectivity index (χ0) is 8.97. The minimum absolute atomic E-state index is 0.186. The van der Waals surface area contributed by atoms with Gasteiger partial charge in [-0.1, -0.05) is 0 Å². The van der Waals surface area contributed by atoms with E-state index in [0.29, 0.717) is 0 Å². The van der Waals surface area contributed by atoms with Crippen LogP contribution in [0.1, 0.15) is 12.8 Å². The Bertz CT molecular complexity index is 159. The van der Waals surface area contributed by atoms with Crippen molar-refractivity contribution in [1.82, 2.24) is 15.6 Å². The first kappa shape index (κ1) is 9.61. The van der Waals surface area contributed by atoms with Gasteiger partial charge in [0.25, 0.3) is 0 Å². The SMILES string of the molecule is BNC(=O)C1CCN(NB)CC1. The van der Waals surface area contributed by atoms with E-state index in [4.69, 9.17) is 0 Å². The zero-order valence-electron chi connectivity index (χ0n) is 7.76. The summed E-state index contributed by atoms with van der Waals surface area (Å²) in [7, 11) is 3.62. The summed E-state index contributed by atoms with van der Waals surface area (Å²) in [6.07, 6.45) is 1.92. The second kappa shape index (κ2) is 4.52. The standard InChI is InChI=1S/C6H15B2N3O/c7-9-6(12)5-1-3-11(10-8)4-2-5/h5,10H,1-4,7-8H2,(H,9,12). The van der Waals surface area contributed by atoms with Crippen molar-refractivity contribution >= 4 is 21.9 Å². The molecule has 0 aromatic rings. The van der Waals surface area contributed by atoms with Crippen molar-refractivity contribution in [2.75, 3.05) is 13.1 Å². The van der Waals surface area contributed by atoms with Crippen LogP contribution in [0, 0.1) is 5.92 Å². The van der Waals surface area contributed by atoms with Gasteiger partial charge in [-0.15, -0.1) is 0 Å². The molecule has 0 saturated carbocycles. The predicted octanol–water partition coefficient (Wildman–Crippen LogP) is -2.58. The maximum absolute atomic E-state index is 11.2. The highest BCUT2D eigenvalue weighted by Gasteiger charge is 2.22. The smallest absolute Gasteiger partial charge is 0.217 e. The predicted molar refractivity (Wildman–Crippen MR) is 52.7 cm³/mol. The van der Waals surface area contributed by atoms with Gasteiger partial charge in [0.2, 0.25) is 21.9 Å². The normalized spacial score (nSPS) is 20.7. The van der Waals surface area contributed by atoms with Crippen LogP contribution in [0.15, 0.2) is 0 Å². The van der Waals surface area contributed by atoms with Gasteiger partial charge in [0, 0.05) is 19.0 Å². The number of amides is 1. The molecule has 0 unspecified atom stereocenters. The van der Waals surface area contributed by atoms with Crippen LogP contribution in [0.4, 0.5) is 0 Å². The molecule has 1 saturated heterocycles. The molecule has 0 atom stereocenters. The number of rotatable bonds is 2. The Morgan fingerprint density at radius 2 is 1.92 bits per heavy atom. The molecular formula is C6H15B2N3O. The maximum atomic E-state index is 11.2. The highest BCUT2D eigenvalue weighted by atomic mass is 16.1. The number of hydrogen-bond donors (Lipinski definition) is 2. The van der Waals surface area contributed by atoms with Gasteiger partial charge < -0.3 is 10.6 Å². The molecule has 1 fully saturated rings. The van der Waals surface area contributed by atoms with E-state index in [-0.39, 0.29) is 11.8 Å². The lowest BCUT2D eigenvalue weighted by Gasteiger charge is -2.30. The average molecular weight is 167 g/mol. The molecule has 1 aliphatic rings. The number of hydrazine groups is 1. The third-order valence-electron chi connectivity index (χ3n) is 2.43. The van der Waals surface area contributed by atoms with E-state index in [1.54, 1.807) is 7.98 Å². The molecule has 2 N–H and O–H groups in total. The molecule has 4 nitrogen and oxygen atoms in total. The van der Waals surface area contributed by atoms with E-state index in [9.17, 15) is 4.79 Å². The van der Waals surface area contributed by atoms with Crippen molar-refractivity contribution in [1.29, 1.82) is 0 Å². The first-order valence-corrected chi connectivity index (χ1v) is 4.42. The average Bonchev–Trinajstić information content (AvgIpc) is 2.17. The molecule has 6 heteroatoms. The monoisotopic (exact) mass is 167 g/mol. The van der Waals surface area contributed by atoms with Crippen LogP contribution >= 0.6 is 0 Å². The van der Waals surface area contributed by atoms with Gasteiger partial charge >= 0.3 is 0 Å². The lowest BCUT2D eigenvalue weighted by atomic mass is 9.96. The Kier molecular flexibility index (Phi) is 3.62. The summed E-state index contributed by atoms with van der Waals surface area (Å²) in [5.41, 5.74) is 0. The topological polar surface area (TPSA) is 44.4 Å². The van der Waals surface area contributed by atoms with Crippen molar-refractivity contribution in [2.45, 2.75) is 12.8 Å². The summed E-state index contributed by atoms with van der Waals surface area (Å²) in [6, 6.07) is 0. The van der Waals surface area contributed by atoms with E-state index in [2.05, 4.69) is 15.6 Å². The molecule has 1 heterocycles. The Labute approximate surface area is 74.9 Å². The van der Waals surface area contributed by atoms with E-state index in [0.717, 1.165) is 25.9 Å². The van der Waals surface area contributed by atoms with Crippen LogP contribution in [0.3, 0.4) is 0 Å². The molecular weight excluding hydrogens is 152 g/mol. The Morgan fingerprint density at radius 3 is 2.33 bits per heavy atom. The molecule has 0 aromatic carbocycles. The molecule has 0 aliphatic carbocycles. The minimum Gasteiger partial charge on any atom is -0.406 e. The zero-order valence-corrected chi connectivity index (χ0v) is 7.76. The van der Waals surface area contributed by atoms with E-state index in [1.165, 1.54) is 0 Å². The number of carbonyl (C=O) groups excluding carboxylic acids is 1. The van der Waals surface area contributed by atoms with Crippen molar-refractivity contribution in [3.05, 3.63) is 0 Å². The molecule has 0 radical (unpaired) electrons. The highest BCUT2D eigenvalue weighted by molar-refractivity contribution is 6.14.